The maximum Gasteiger partial charge on any atom is 0.127 e. The molecule has 0 spiro atoms. The van der Waals surface area contributed by atoms with Crippen LogP contribution in [0.4, 0.5) is 0 Å². The van der Waals surface area contributed by atoms with Gasteiger partial charge < -0.3 is 4.74 Å². The van der Waals surface area contributed by atoms with E-state index in [-0.39, 0.29) is 0 Å². The van der Waals surface area contributed by atoms with Crippen molar-refractivity contribution in [2.24, 2.45) is 5.92 Å². The average Bonchev–Trinajstić information content (AvgIpc) is 2.24. The van der Waals surface area contributed by atoms with Crippen LogP contribution in [0.2, 0.25) is 0 Å². The lowest BCUT2D eigenvalue weighted by molar-refractivity contribution is 0.295. The van der Waals surface area contributed by atoms with E-state index in [2.05, 4.69) is 18.8 Å². The Kier molecular flexibility index (Phi) is 5.61. The molecule has 0 fully saturated rings. The van der Waals surface area contributed by atoms with Crippen LogP contribution in [0.25, 0.3) is 0 Å². The predicted molar refractivity (Wildman–Crippen MR) is 68.1 cm³/mol. The van der Waals surface area contributed by atoms with Gasteiger partial charge >= 0.3 is 0 Å². The third-order valence-electron chi connectivity index (χ3n) is 2.41. The van der Waals surface area contributed by atoms with Crippen molar-refractivity contribution in [2.75, 3.05) is 6.61 Å². The predicted octanol–water partition coefficient (Wildman–Crippen LogP) is 3.94. The molecule has 0 radical (unpaired) electrons. The van der Waals surface area contributed by atoms with Crippen LogP contribution < -0.4 is 4.74 Å². The number of aryl methyl sites for hydroxylation is 1. The molecule has 2 nitrogen and oxygen atoms in total. The number of rotatable bonds is 6. The largest absolute Gasteiger partial charge is 0.493 e. The first-order chi connectivity index (χ1) is 7.63. The van der Waals surface area contributed by atoms with E-state index in [0.29, 0.717) is 5.88 Å². The quantitative estimate of drug-likeness (QED) is 0.556. The van der Waals surface area contributed by atoms with Crippen molar-refractivity contribution in [1.82, 2.24) is 4.98 Å². The summed E-state index contributed by atoms with van der Waals surface area (Å²) in [5, 5.41) is 0. The van der Waals surface area contributed by atoms with E-state index in [0.717, 1.165) is 36.0 Å². The molecule has 1 rings (SSSR count). The summed E-state index contributed by atoms with van der Waals surface area (Å²) >= 11 is 5.83. The fourth-order valence-corrected chi connectivity index (χ4v) is 1.67. The van der Waals surface area contributed by atoms with Crippen LogP contribution in [0, 0.1) is 12.8 Å². The SMILES string of the molecule is Cc1cc(OCCCC(C)C)c(CCl)cn1. The molecule has 0 saturated heterocycles. The number of hydrogen-bond donors (Lipinski definition) is 0. The molecule has 1 heterocycles. The maximum absolute atomic E-state index is 5.83. The summed E-state index contributed by atoms with van der Waals surface area (Å²) in [5.74, 6) is 2.06. The van der Waals surface area contributed by atoms with Gasteiger partial charge in [0.05, 0.1) is 12.5 Å². The highest BCUT2D eigenvalue weighted by atomic mass is 35.5. The van der Waals surface area contributed by atoms with Gasteiger partial charge in [-0.2, -0.15) is 0 Å². The van der Waals surface area contributed by atoms with Gasteiger partial charge in [0.25, 0.3) is 0 Å². The van der Waals surface area contributed by atoms with E-state index in [4.69, 9.17) is 16.3 Å². The Bertz CT molecular complexity index is 326. The van der Waals surface area contributed by atoms with E-state index in [1.54, 1.807) is 6.20 Å². The molecule has 0 saturated carbocycles. The molecule has 0 aromatic carbocycles. The lowest BCUT2D eigenvalue weighted by Crippen LogP contribution is -2.02. The molecule has 0 N–H and O–H groups in total. The summed E-state index contributed by atoms with van der Waals surface area (Å²) < 4.78 is 5.73. The topological polar surface area (TPSA) is 22.1 Å². The minimum Gasteiger partial charge on any atom is -0.493 e. The van der Waals surface area contributed by atoms with E-state index >= 15 is 0 Å². The van der Waals surface area contributed by atoms with E-state index < -0.39 is 0 Å². The molecule has 3 heteroatoms. The van der Waals surface area contributed by atoms with Gasteiger partial charge in [-0.15, -0.1) is 11.6 Å². The molecule has 90 valence electrons. The number of pyridine rings is 1. The minimum absolute atomic E-state index is 0.451. The molecule has 0 unspecified atom stereocenters. The zero-order valence-electron chi connectivity index (χ0n) is 10.3. The Morgan fingerprint density at radius 2 is 2.19 bits per heavy atom. The van der Waals surface area contributed by atoms with Crippen LogP contribution in [0.15, 0.2) is 12.3 Å². The molecule has 0 aliphatic carbocycles. The second kappa shape index (κ2) is 6.74. The van der Waals surface area contributed by atoms with Gasteiger partial charge in [0.1, 0.15) is 5.75 Å². The molecule has 0 atom stereocenters. The summed E-state index contributed by atoms with van der Waals surface area (Å²) in [6.45, 7) is 7.16. The van der Waals surface area contributed by atoms with Gasteiger partial charge in [0, 0.05) is 23.5 Å². The summed E-state index contributed by atoms with van der Waals surface area (Å²) in [5.41, 5.74) is 1.93. The molecule has 1 aromatic heterocycles. The smallest absolute Gasteiger partial charge is 0.127 e. The number of aromatic nitrogens is 1. The van der Waals surface area contributed by atoms with Gasteiger partial charge in [-0.25, -0.2) is 0 Å². The van der Waals surface area contributed by atoms with Crippen LogP contribution in [0.3, 0.4) is 0 Å². The lowest BCUT2D eigenvalue weighted by Gasteiger charge is -2.11. The first-order valence-corrected chi connectivity index (χ1v) is 6.31. The van der Waals surface area contributed by atoms with Gasteiger partial charge in [-0.05, 0) is 25.7 Å². The van der Waals surface area contributed by atoms with Crippen molar-refractivity contribution in [3.8, 4) is 5.75 Å². The third kappa shape index (κ3) is 4.40. The number of ether oxygens (including phenoxy) is 1. The summed E-state index contributed by atoms with van der Waals surface area (Å²) in [7, 11) is 0. The normalized spacial score (nSPS) is 10.8. The lowest BCUT2D eigenvalue weighted by atomic mass is 10.1. The van der Waals surface area contributed by atoms with Crippen molar-refractivity contribution < 1.29 is 4.74 Å². The Morgan fingerprint density at radius 3 is 2.81 bits per heavy atom. The van der Waals surface area contributed by atoms with Gasteiger partial charge in [0.2, 0.25) is 0 Å². The molecule has 0 bridgehead atoms. The first kappa shape index (κ1) is 13.3. The van der Waals surface area contributed by atoms with Crippen LogP contribution in [-0.2, 0) is 5.88 Å². The van der Waals surface area contributed by atoms with Crippen LogP contribution in [0.1, 0.15) is 37.9 Å². The average molecular weight is 242 g/mol. The van der Waals surface area contributed by atoms with Crippen molar-refractivity contribution in [3.05, 3.63) is 23.5 Å². The number of halogens is 1. The molecule has 16 heavy (non-hydrogen) atoms. The molecule has 0 amide bonds. The van der Waals surface area contributed by atoms with Gasteiger partial charge in [-0.1, -0.05) is 13.8 Å². The van der Waals surface area contributed by atoms with Crippen molar-refractivity contribution in [1.29, 1.82) is 0 Å². The van der Waals surface area contributed by atoms with Crippen molar-refractivity contribution in [2.45, 2.75) is 39.5 Å². The Hall–Kier alpha value is -0.760. The fraction of sp³-hybridized carbons (Fsp3) is 0.615. The number of hydrogen-bond acceptors (Lipinski definition) is 2. The monoisotopic (exact) mass is 241 g/mol. The van der Waals surface area contributed by atoms with E-state index in [9.17, 15) is 0 Å². The molecule has 0 aliphatic heterocycles. The number of alkyl halides is 1. The minimum atomic E-state index is 0.451. The Morgan fingerprint density at radius 1 is 1.44 bits per heavy atom. The highest BCUT2D eigenvalue weighted by Gasteiger charge is 2.04. The summed E-state index contributed by atoms with van der Waals surface area (Å²) in [6, 6.07) is 1.95. The molecule has 1 aromatic rings. The highest BCUT2D eigenvalue weighted by molar-refractivity contribution is 6.17. The zero-order valence-corrected chi connectivity index (χ0v) is 11.0. The second-order valence-electron chi connectivity index (χ2n) is 4.45. The van der Waals surface area contributed by atoms with Crippen molar-refractivity contribution >= 4 is 11.6 Å². The molecular weight excluding hydrogens is 222 g/mol. The standard InChI is InChI=1S/C13H20ClNO/c1-10(2)5-4-6-16-13-7-11(3)15-9-12(13)8-14/h7,9-10H,4-6,8H2,1-3H3. The highest BCUT2D eigenvalue weighted by Crippen LogP contribution is 2.20. The fourth-order valence-electron chi connectivity index (χ4n) is 1.47. The van der Waals surface area contributed by atoms with E-state index in [1.807, 2.05) is 13.0 Å². The van der Waals surface area contributed by atoms with Crippen molar-refractivity contribution in [3.63, 3.8) is 0 Å². The van der Waals surface area contributed by atoms with Crippen LogP contribution in [0.5, 0.6) is 5.75 Å². The third-order valence-corrected chi connectivity index (χ3v) is 2.70. The Labute approximate surface area is 103 Å². The molecular formula is C13H20ClNO. The van der Waals surface area contributed by atoms with Gasteiger partial charge in [-0.3, -0.25) is 4.98 Å². The first-order valence-electron chi connectivity index (χ1n) is 5.77. The van der Waals surface area contributed by atoms with E-state index in [1.165, 1.54) is 6.42 Å². The summed E-state index contributed by atoms with van der Waals surface area (Å²) in [4.78, 5) is 4.20. The number of nitrogens with zero attached hydrogens (tertiary/aromatic N) is 1. The summed E-state index contributed by atoms with van der Waals surface area (Å²) in [6.07, 6.45) is 4.07. The second-order valence-corrected chi connectivity index (χ2v) is 4.72. The van der Waals surface area contributed by atoms with Crippen LogP contribution >= 0.6 is 11.6 Å². The zero-order chi connectivity index (χ0) is 12.0. The molecule has 0 aliphatic rings. The van der Waals surface area contributed by atoms with Gasteiger partial charge in [0.15, 0.2) is 0 Å². The Balaban J connectivity index is 2.48. The maximum atomic E-state index is 5.83. The van der Waals surface area contributed by atoms with Crippen LogP contribution in [-0.4, -0.2) is 11.6 Å².